The molecule has 0 amide bonds. The van der Waals surface area contributed by atoms with Crippen LogP contribution in [0.3, 0.4) is 0 Å². The lowest BCUT2D eigenvalue weighted by atomic mass is 9.55. The quantitative estimate of drug-likeness (QED) is 0.0559. The van der Waals surface area contributed by atoms with Crippen molar-refractivity contribution in [3.05, 3.63) is 487 Å². The molecule has 4 bridgehead atoms. The van der Waals surface area contributed by atoms with Crippen molar-refractivity contribution in [2.24, 2.45) is 23.7 Å². The molecule has 17 aromatic carbocycles. The molecule has 4 aliphatic carbocycles. The molecule has 2 nitrogen and oxygen atoms in total. The molecular weight excluding hydrogens is 1770 g/mol. The van der Waals surface area contributed by atoms with Crippen LogP contribution in [-0.2, 0) is 80.9 Å². The van der Waals surface area contributed by atoms with Gasteiger partial charge in [-0.25, -0.2) is 0 Å². The van der Waals surface area contributed by atoms with E-state index in [1.54, 1.807) is 0 Å². The summed E-state index contributed by atoms with van der Waals surface area (Å²) in [4.78, 5) is 20.2. The maximum absolute atomic E-state index is 6.43. The molecule has 0 N–H and O–H groups in total. The van der Waals surface area contributed by atoms with Crippen LogP contribution in [-0.4, -0.2) is 12.9 Å². The molecule has 17 aromatic rings. The summed E-state index contributed by atoms with van der Waals surface area (Å²) in [5.74, 6) is 4.47. The number of hydrogen-bond acceptors (Lipinski definition) is 2. The van der Waals surface area contributed by atoms with Gasteiger partial charge in [0, 0.05) is 28.1 Å². The number of rotatable bonds is 20. The van der Waals surface area contributed by atoms with Crippen LogP contribution in [0.1, 0.15) is 149 Å². The second-order valence-electron chi connectivity index (χ2n) is 40.7. The Morgan fingerprint density at radius 1 is 0.290 bits per heavy atom. The maximum Gasteiger partial charge on any atom is 0.189 e. The van der Waals surface area contributed by atoms with Crippen LogP contribution in [0.15, 0.2) is 512 Å². The summed E-state index contributed by atoms with van der Waals surface area (Å²) in [5.41, 5.74) is 8.59. The van der Waals surface area contributed by atoms with Gasteiger partial charge >= 0.3 is 0 Å². The van der Waals surface area contributed by atoms with Gasteiger partial charge in [-0.15, -0.1) is 0 Å². The standard InChI is InChI=1S/C31H35O2S.C30H39S.C26H21S.C22H17S.C22H23S/c1-21-13-29(34(27-9-5-3-6-10-27)28-11-7-4-8-12-28)14-22(2)30(21)32-20-33-31-25-16-23-15-24(18-25)19-26(31)17-23;1-28(2,3)22-10-16-25(17-11-22)31(26-18-12-23(13-19-26)29(4,5)6)27-20-14-24(15-21-27)30(7,8)9;1-3-25(23-17-9-7-12-20(23)2)27(22-15-5-4-6-16-22)26-19-11-14-21-13-8-10-18-24(21)26;1-3-12-19(13-4-1)23(20-14-5-2-6-15-20)22-17-9-11-18-10-7-8-16-21(18)22;1-22(2,3)18-14-16-21(17-15-18)23(19-10-6-4-7-11-19)20-12-8-5-9-13-20/h3-14,23-26,31H,15-20H2,1-2H3;10-21H,1-9H3;3-19H,1-2H2;1-17H;4-17H,1-3H3/q5*+1/b;;25-23+;;. The molecule has 21 rings (SSSR count). The molecule has 7 heteroatoms. The highest BCUT2D eigenvalue weighted by Gasteiger charge is 2.49. The van der Waals surface area contributed by atoms with Gasteiger partial charge in [0.2, 0.25) is 0 Å². The molecular formula is C131H135O2S5+5. The highest BCUT2D eigenvalue weighted by Crippen LogP contribution is 2.55. The molecule has 0 spiro atoms. The van der Waals surface area contributed by atoms with E-state index in [9.17, 15) is 0 Å². The van der Waals surface area contributed by atoms with E-state index in [4.69, 9.17) is 9.47 Å². The largest absolute Gasteiger partial charge is 0.467 e. The first kappa shape index (κ1) is 99.3. The summed E-state index contributed by atoms with van der Waals surface area (Å²) in [5, 5.41) is 7.37. The summed E-state index contributed by atoms with van der Waals surface area (Å²) < 4.78 is 12.7. The molecule has 4 aliphatic rings. The predicted octanol–water partition coefficient (Wildman–Crippen LogP) is 33.5. The Labute approximate surface area is 838 Å². The number of benzene rings is 17. The minimum atomic E-state index is -0.266. The van der Waals surface area contributed by atoms with E-state index in [1.165, 1.54) is 160 Å². The lowest BCUT2D eigenvalue weighted by molar-refractivity contribution is -0.155. The zero-order valence-electron chi connectivity index (χ0n) is 83.0. The first-order chi connectivity index (χ1) is 66.7. The van der Waals surface area contributed by atoms with E-state index in [1.807, 2.05) is 12.1 Å². The third-order valence-corrected chi connectivity index (χ3v) is 37.9. The van der Waals surface area contributed by atoms with E-state index in [0.717, 1.165) is 39.9 Å². The fourth-order valence-electron chi connectivity index (χ4n) is 19.6. The SMILES string of the molecule is C=C/C(=c1/ccccc1=C)[S+](c1ccccc1)c1cccc2ccccc12.CC(C)(C)c1ccc([S+](c2ccc(C(C)(C)C)cc2)c2ccc(C(C)(C)C)cc2)cc1.CC(C)(C)c1ccc([S+](c2ccccc2)c2ccccc2)cc1.Cc1cc([S+](c2ccccc2)c2ccccc2)cc(C)c1OCOC1C2CC3CC(C2)CC1C3.c1ccc([S+](c2ccccc2)c2cccc3ccccc23)cc1. The lowest BCUT2D eigenvalue weighted by Crippen LogP contribution is -2.49. The average Bonchev–Trinajstić information content (AvgIpc) is 0.758. The van der Waals surface area contributed by atoms with Crippen LogP contribution >= 0.6 is 0 Å². The Morgan fingerprint density at radius 3 is 0.899 bits per heavy atom. The molecule has 0 radical (unpaired) electrons. The van der Waals surface area contributed by atoms with E-state index >= 15 is 0 Å². The van der Waals surface area contributed by atoms with Crippen molar-refractivity contribution in [2.45, 2.75) is 225 Å². The van der Waals surface area contributed by atoms with Gasteiger partial charge < -0.3 is 9.47 Å². The third-order valence-electron chi connectivity index (χ3n) is 26.6. The van der Waals surface area contributed by atoms with Crippen molar-refractivity contribution < 1.29 is 9.47 Å². The minimum Gasteiger partial charge on any atom is -0.467 e. The van der Waals surface area contributed by atoms with Crippen LogP contribution in [0.4, 0.5) is 0 Å². The van der Waals surface area contributed by atoms with Crippen molar-refractivity contribution >= 4 is 87.5 Å². The smallest absolute Gasteiger partial charge is 0.189 e. The van der Waals surface area contributed by atoms with Crippen molar-refractivity contribution in [1.82, 2.24) is 0 Å². The molecule has 4 saturated carbocycles. The maximum atomic E-state index is 6.43. The predicted molar refractivity (Wildman–Crippen MR) is 594 cm³/mol. The van der Waals surface area contributed by atoms with Gasteiger partial charge in [-0.1, -0.05) is 351 Å². The Hall–Kier alpha value is -11.8. The molecule has 1 unspecified atom stereocenters. The van der Waals surface area contributed by atoms with Crippen molar-refractivity contribution in [3.63, 3.8) is 0 Å². The van der Waals surface area contributed by atoms with Gasteiger partial charge in [0.1, 0.15) is 16.6 Å². The molecule has 4 fully saturated rings. The summed E-state index contributed by atoms with van der Waals surface area (Å²) in [6.45, 7) is 40.4. The molecule has 1 atom stereocenters. The summed E-state index contributed by atoms with van der Waals surface area (Å²) in [6, 6.07) is 156. The molecule has 138 heavy (non-hydrogen) atoms. The average molecular weight is 1900 g/mol. The molecule has 0 aliphatic heterocycles. The normalized spacial score (nSPS) is 16.0. The molecule has 0 aromatic heterocycles. The highest BCUT2D eigenvalue weighted by atomic mass is 32.2. The first-order valence-electron chi connectivity index (χ1n) is 48.9. The van der Waals surface area contributed by atoms with Gasteiger partial charge in [0.05, 0.1) is 49.7 Å². The first-order valence-corrected chi connectivity index (χ1v) is 55.0. The fraction of sp³-hybridized carbons (Fsp3) is 0.221. The lowest BCUT2D eigenvalue weighted by Gasteiger charge is -2.53. The van der Waals surface area contributed by atoms with Crippen LogP contribution in [0.25, 0.3) is 33.0 Å². The van der Waals surface area contributed by atoms with Gasteiger partial charge in [0.25, 0.3) is 0 Å². The molecule has 696 valence electrons. The molecule has 0 saturated heterocycles. The van der Waals surface area contributed by atoms with Crippen molar-refractivity contribution in [1.29, 1.82) is 0 Å². The number of fused-ring (bicyclic) bond motifs is 2. The van der Waals surface area contributed by atoms with Crippen molar-refractivity contribution in [2.75, 3.05) is 6.79 Å². The van der Waals surface area contributed by atoms with E-state index in [0.29, 0.717) is 12.9 Å². The van der Waals surface area contributed by atoms with Crippen LogP contribution in [0.5, 0.6) is 5.75 Å². The highest BCUT2D eigenvalue weighted by molar-refractivity contribution is 8.06. The van der Waals surface area contributed by atoms with E-state index in [2.05, 4.69) is 535 Å². The summed E-state index contributed by atoms with van der Waals surface area (Å²) in [7, 11) is -0.667. The second kappa shape index (κ2) is 45.5. The summed E-state index contributed by atoms with van der Waals surface area (Å²) in [6.07, 6.45) is 9.42. The Balaban J connectivity index is 0.000000126. The van der Waals surface area contributed by atoms with Gasteiger partial charge in [0.15, 0.2) is 80.2 Å². The van der Waals surface area contributed by atoms with Crippen molar-refractivity contribution in [3.8, 4) is 5.75 Å². The third kappa shape index (κ3) is 24.6. The minimum absolute atomic E-state index is 0.0497. The van der Waals surface area contributed by atoms with Gasteiger partial charge in [-0.05, 0) is 311 Å². The Bertz CT molecular complexity index is 6610. The monoisotopic (exact) mass is 1900 g/mol. The fourth-order valence-corrected chi connectivity index (χ4v) is 30.7. The van der Waals surface area contributed by atoms with E-state index < -0.39 is 0 Å². The Kier molecular flexibility index (Phi) is 32.7. The van der Waals surface area contributed by atoms with Gasteiger partial charge in [-0.3, -0.25) is 0 Å². The zero-order valence-corrected chi connectivity index (χ0v) is 87.1. The zero-order chi connectivity index (χ0) is 96.5. The number of aryl methyl sites for hydroxylation is 2. The van der Waals surface area contributed by atoms with Crippen LogP contribution in [0.2, 0.25) is 0 Å². The van der Waals surface area contributed by atoms with Crippen LogP contribution in [0, 0.1) is 37.5 Å². The van der Waals surface area contributed by atoms with Gasteiger partial charge in [-0.2, -0.15) is 0 Å². The van der Waals surface area contributed by atoms with E-state index in [-0.39, 0.29) is 76.1 Å². The number of hydrogen-bond donors (Lipinski definition) is 0. The Morgan fingerprint density at radius 2 is 0.565 bits per heavy atom. The number of ether oxygens (including phenoxy) is 2. The summed E-state index contributed by atoms with van der Waals surface area (Å²) >= 11 is 0. The molecule has 0 heterocycles. The second-order valence-corrected chi connectivity index (χ2v) is 50.7. The topological polar surface area (TPSA) is 18.5 Å². The van der Waals surface area contributed by atoms with Crippen LogP contribution < -0.4 is 15.2 Å².